The minimum atomic E-state index is -2.28. The van der Waals surface area contributed by atoms with Crippen LogP contribution in [0.2, 0.25) is 0 Å². The molecule has 0 saturated heterocycles. The summed E-state index contributed by atoms with van der Waals surface area (Å²) in [6, 6.07) is 25.7. The van der Waals surface area contributed by atoms with E-state index in [1.54, 1.807) is 24.3 Å². The van der Waals surface area contributed by atoms with Gasteiger partial charge in [-0.1, -0.05) is 55.3 Å². The molecule has 8 rings (SSSR count). The second-order valence-corrected chi connectivity index (χ2v) is 19.9. The Hall–Kier alpha value is -6.34. The summed E-state index contributed by atoms with van der Waals surface area (Å²) in [7, 11) is 0. The molecular formula is C50H48N5O9S3-. The van der Waals surface area contributed by atoms with Gasteiger partial charge in [-0.2, -0.15) is 4.58 Å². The van der Waals surface area contributed by atoms with E-state index in [0.29, 0.717) is 40.9 Å². The Morgan fingerprint density at radius 2 is 1.63 bits per heavy atom. The third-order valence-electron chi connectivity index (χ3n) is 12.5. The molecule has 0 radical (unpaired) electrons. The van der Waals surface area contributed by atoms with Crippen LogP contribution in [-0.2, 0) is 46.1 Å². The summed E-state index contributed by atoms with van der Waals surface area (Å²) in [6.07, 6.45) is 5.94. The summed E-state index contributed by atoms with van der Waals surface area (Å²) >= 11 is 1.16. The van der Waals surface area contributed by atoms with E-state index in [2.05, 4.69) is 50.5 Å². The number of aromatic carboxylic acids is 1. The highest BCUT2D eigenvalue weighted by molar-refractivity contribution is 7.80. The number of nitrogens with zero attached hydrogens (tertiary/aromatic N) is 2. The van der Waals surface area contributed by atoms with Gasteiger partial charge in [0.1, 0.15) is 17.1 Å². The third kappa shape index (κ3) is 9.35. The Labute approximate surface area is 397 Å². The van der Waals surface area contributed by atoms with E-state index in [0.717, 1.165) is 45.0 Å². The van der Waals surface area contributed by atoms with Gasteiger partial charge in [0.05, 0.1) is 16.7 Å². The molecule has 6 N–H and O–H groups in total. The number of carboxylic acid groups (broad SMARTS) is 1. The predicted octanol–water partition coefficient (Wildman–Crippen LogP) is 7.29. The van der Waals surface area contributed by atoms with Gasteiger partial charge >= 0.3 is 5.97 Å². The highest BCUT2D eigenvalue weighted by Crippen LogP contribution is 2.48. The molecular weight excluding hydrogens is 911 g/mol. The van der Waals surface area contributed by atoms with Gasteiger partial charge in [-0.05, 0) is 114 Å². The number of fused-ring (bicyclic) bond motifs is 4. The van der Waals surface area contributed by atoms with E-state index in [4.69, 9.17) is 22.4 Å². The number of hydrogen-bond donors (Lipinski definition) is 5. The van der Waals surface area contributed by atoms with Crippen molar-refractivity contribution in [3.63, 3.8) is 0 Å². The van der Waals surface area contributed by atoms with Crippen LogP contribution in [0.4, 0.5) is 17.1 Å². The lowest BCUT2D eigenvalue weighted by molar-refractivity contribution is -0.431. The molecule has 0 fully saturated rings. The van der Waals surface area contributed by atoms with E-state index >= 15 is 0 Å². The summed E-state index contributed by atoms with van der Waals surface area (Å²) in [4.78, 5) is 27.1. The van der Waals surface area contributed by atoms with Crippen LogP contribution < -0.4 is 26.7 Å². The number of aromatic hydroxyl groups is 1. The molecule has 3 heterocycles. The quantitative estimate of drug-likeness (QED) is 0.0313. The highest BCUT2D eigenvalue weighted by atomic mass is 32.2. The Bertz CT molecular complexity index is 3170. The normalized spacial score (nSPS) is 16.5. The van der Waals surface area contributed by atoms with E-state index in [9.17, 15) is 37.3 Å². The summed E-state index contributed by atoms with van der Waals surface area (Å²) in [5.74, 6) is -1.13. The van der Waals surface area contributed by atoms with E-state index in [1.807, 2.05) is 52.0 Å². The summed E-state index contributed by atoms with van der Waals surface area (Å²) < 4.78 is 55.2. The molecule has 2 unspecified atom stereocenters. The molecule has 67 heavy (non-hydrogen) atoms. The Balaban J connectivity index is 1.04. The average molecular weight is 959 g/mol. The van der Waals surface area contributed by atoms with Crippen LogP contribution in [0.25, 0.3) is 33.4 Å². The van der Waals surface area contributed by atoms with Crippen molar-refractivity contribution in [2.75, 3.05) is 34.8 Å². The monoisotopic (exact) mass is 958 g/mol. The van der Waals surface area contributed by atoms with Crippen molar-refractivity contribution in [2.45, 2.75) is 51.6 Å². The van der Waals surface area contributed by atoms with Gasteiger partial charge in [0.25, 0.3) is 0 Å². The third-order valence-corrected chi connectivity index (χ3v) is 13.8. The Morgan fingerprint density at radius 3 is 2.36 bits per heavy atom. The fraction of sp³-hybridized carbons (Fsp3) is 0.240. The van der Waals surface area contributed by atoms with Crippen molar-refractivity contribution in [3.05, 3.63) is 153 Å². The second-order valence-electron chi connectivity index (χ2n) is 17.5. The van der Waals surface area contributed by atoms with Crippen LogP contribution in [0.1, 0.15) is 60.3 Å². The predicted molar refractivity (Wildman–Crippen MR) is 265 cm³/mol. The number of nitrogens with two attached hydrogens (primary N) is 1. The molecule has 0 bridgehead atoms. The first-order valence-electron chi connectivity index (χ1n) is 21.4. The van der Waals surface area contributed by atoms with Crippen molar-refractivity contribution in [1.82, 2.24) is 5.32 Å². The SMILES string of the molecule is CC1(C)C(/C=C/C=C2/N(CCS(=O)[O-])c3ccc(CNC(=S)Nc4ccc(-c5c6ccc(=O)cc-6oc6cc(O)ccc56)c(C(=O)O)c4)cc3C2(C)C)=[N+](CCS(=O)[O-])c2ccc(CN)cc21. The van der Waals surface area contributed by atoms with Gasteiger partial charge in [0.2, 0.25) is 5.69 Å². The van der Waals surface area contributed by atoms with Crippen LogP contribution in [0.5, 0.6) is 5.75 Å². The molecule has 1 aliphatic carbocycles. The summed E-state index contributed by atoms with van der Waals surface area (Å²) in [6.45, 7) is 9.56. The van der Waals surface area contributed by atoms with Gasteiger partial charge in [-0.25, -0.2) is 4.79 Å². The summed E-state index contributed by atoms with van der Waals surface area (Å²) in [5.41, 5.74) is 14.3. The molecule has 4 aromatic rings. The molecule has 0 spiro atoms. The average Bonchev–Trinajstić information content (AvgIpc) is 3.62. The van der Waals surface area contributed by atoms with Crippen molar-refractivity contribution in [3.8, 4) is 28.2 Å². The molecule has 14 nitrogen and oxygen atoms in total. The number of phenolic OH excluding ortho intramolecular Hbond substituents is 1. The van der Waals surface area contributed by atoms with Crippen LogP contribution in [0, 0.1) is 0 Å². The number of hydrogen-bond acceptors (Lipinski definition) is 11. The van der Waals surface area contributed by atoms with Gasteiger partial charge in [-0.3, -0.25) is 13.2 Å². The van der Waals surface area contributed by atoms with Crippen LogP contribution in [0.15, 0.2) is 124 Å². The smallest absolute Gasteiger partial charge is 0.336 e. The van der Waals surface area contributed by atoms with E-state index < -0.39 is 39.0 Å². The minimum Gasteiger partial charge on any atom is -0.772 e. The van der Waals surface area contributed by atoms with Gasteiger partial charge in [0, 0.05) is 94.2 Å². The van der Waals surface area contributed by atoms with Crippen LogP contribution in [-0.4, -0.2) is 73.7 Å². The lowest BCUT2D eigenvalue weighted by Gasteiger charge is -2.27. The molecule has 346 valence electrons. The second kappa shape index (κ2) is 18.7. The first-order chi connectivity index (χ1) is 31.9. The van der Waals surface area contributed by atoms with E-state index in [-0.39, 0.29) is 57.8 Å². The Morgan fingerprint density at radius 1 is 0.896 bits per heavy atom. The molecule has 3 aliphatic heterocycles. The first kappa shape index (κ1) is 47.2. The molecule has 4 aliphatic rings. The van der Waals surface area contributed by atoms with E-state index in [1.165, 1.54) is 30.3 Å². The molecule has 17 heteroatoms. The zero-order chi connectivity index (χ0) is 47.9. The number of carboxylic acids is 1. The van der Waals surface area contributed by atoms with Gasteiger partial charge in [-0.15, -0.1) is 0 Å². The first-order valence-corrected chi connectivity index (χ1v) is 24.3. The molecule has 4 aromatic carbocycles. The Kier molecular flexibility index (Phi) is 13.2. The van der Waals surface area contributed by atoms with Gasteiger partial charge < -0.3 is 45.0 Å². The topological polar surface area (TPSA) is 224 Å². The van der Waals surface area contributed by atoms with Gasteiger partial charge in [0.15, 0.2) is 22.8 Å². The number of thiocarbonyl (C=S) groups is 1. The van der Waals surface area contributed by atoms with Crippen molar-refractivity contribution >= 4 is 79.2 Å². The molecule has 2 atom stereocenters. The fourth-order valence-corrected chi connectivity index (χ4v) is 10.1. The fourth-order valence-electron chi connectivity index (χ4n) is 9.25. The maximum atomic E-state index is 12.8. The number of allylic oxidation sites excluding steroid dienone is 4. The number of carbonyl (C=O) groups is 1. The number of rotatable bonds is 14. The zero-order valence-corrected chi connectivity index (χ0v) is 39.5. The number of benzene rings is 5. The molecule has 0 saturated carbocycles. The molecule has 0 aromatic heterocycles. The highest BCUT2D eigenvalue weighted by Gasteiger charge is 2.45. The minimum absolute atomic E-state index is 0.0307. The number of nitrogens with one attached hydrogen (secondary N) is 2. The van der Waals surface area contributed by atoms with Crippen LogP contribution >= 0.6 is 12.2 Å². The molecule has 0 amide bonds. The zero-order valence-electron chi connectivity index (χ0n) is 37.1. The van der Waals surface area contributed by atoms with Crippen molar-refractivity contribution in [2.24, 2.45) is 5.73 Å². The summed E-state index contributed by atoms with van der Waals surface area (Å²) in [5, 5.41) is 27.7. The van der Waals surface area contributed by atoms with Crippen LogP contribution in [0.3, 0.4) is 0 Å². The van der Waals surface area contributed by atoms with Crippen molar-refractivity contribution < 1.29 is 41.5 Å². The maximum absolute atomic E-state index is 12.8. The number of anilines is 2. The largest absolute Gasteiger partial charge is 0.772 e. The lowest BCUT2D eigenvalue weighted by Crippen LogP contribution is -2.30. The standard InChI is InChI=1S/C50H49N5O9S3/c1-49(2)38-22-29(27-51)8-16-40(38)54(18-20-66(60)61)44(49)6-5-7-45-50(3,4)39-23-30(9-17-41(39)55(45)19-21-67(62)63)28-52-48(65)53-31-10-13-34(37(24-31)47(58)59)46-35-14-11-32(56)25-42(35)64-43-26-33(57)12-15-36(43)46/h5-17,22-26H,18-21,27-28,51H2,1-4H3,(H5-,52,53,56,57,58,59,60,61,62,63,65)/p-1. The van der Waals surface area contributed by atoms with Crippen molar-refractivity contribution in [1.29, 1.82) is 0 Å². The lowest BCUT2D eigenvalue weighted by atomic mass is 9.80. The maximum Gasteiger partial charge on any atom is 0.336 e. The number of phenols is 1.